The number of aromatic nitrogens is 1. The highest BCUT2D eigenvalue weighted by Gasteiger charge is 2.16. The van der Waals surface area contributed by atoms with Gasteiger partial charge in [-0.15, -0.1) is 0 Å². The third kappa shape index (κ3) is 2.88. The van der Waals surface area contributed by atoms with Crippen LogP contribution in [0.4, 0.5) is 16.0 Å². The third-order valence-corrected chi connectivity index (χ3v) is 2.87. The molecule has 0 aliphatic carbocycles. The van der Waals surface area contributed by atoms with Crippen molar-refractivity contribution in [2.45, 2.75) is 6.92 Å². The Bertz CT molecular complexity index is 409. The molecule has 0 atom stereocenters. The third-order valence-electron chi connectivity index (χ3n) is 2.87. The molecular formula is C12H18FN3O2. The van der Waals surface area contributed by atoms with Crippen molar-refractivity contribution < 1.29 is 14.2 Å². The number of aliphatic hydroxyl groups excluding tert-OH is 1. The van der Waals surface area contributed by atoms with Crippen molar-refractivity contribution >= 4 is 11.6 Å². The molecule has 6 heteroatoms. The summed E-state index contributed by atoms with van der Waals surface area (Å²) in [4.78, 5) is 6.34. The minimum atomic E-state index is -0.361. The lowest BCUT2D eigenvalue weighted by atomic mass is 10.2. The Hall–Kier alpha value is -1.40. The smallest absolute Gasteiger partial charge is 0.168 e. The van der Waals surface area contributed by atoms with E-state index in [9.17, 15) is 4.39 Å². The van der Waals surface area contributed by atoms with E-state index in [-0.39, 0.29) is 24.8 Å². The molecule has 0 saturated carbocycles. The van der Waals surface area contributed by atoms with Crippen LogP contribution in [0, 0.1) is 12.7 Å². The highest BCUT2D eigenvalue weighted by Crippen LogP contribution is 2.22. The van der Waals surface area contributed by atoms with Crippen LogP contribution < -0.4 is 10.2 Å². The average molecular weight is 255 g/mol. The number of anilines is 2. The number of morpholine rings is 1. The molecule has 1 aromatic rings. The highest BCUT2D eigenvalue weighted by atomic mass is 19.1. The SMILES string of the molecule is Cc1cc(N2CCOCC2)nc(NCCO)c1F. The molecule has 0 amide bonds. The molecule has 2 N–H and O–H groups in total. The monoisotopic (exact) mass is 255 g/mol. The molecule has 1 aromatic heterocycles. The summed E-state index contributed by atoms with van der Waals surface area (Å²) < 4.78 is 19.1. The second kappa shape index (κ2) is 5.97. The zero-order chi connectivity index (χ0) is 13.0. The van der Waals surface area contributed by atoms with Gasteiger partial charge in [-0.05, 0) is 18.6 Å². The van der Waals surface area contributed by atoms with Crippen LogP contribution in [0.2, 0.25) is 0 Å². The first-order valence-corrected chi connectivity index (χ1v) is 6.07. The fraction of sp³-hybridized carbons (Fsp3) is 0.583. The van der Waals surface area contributed by atoms with E-state index in [1.807, 2.05) is 0 Å². The molecule has 1 aliphatic heterocycles. The summed E-state index contributed by atoms with van der Waals surface area (Å²) in [5.41, 5.74) is 0.548. The fourth-order valence-corrected chi connectivity index (χ4v) is 1.89. The second-order valence-corrected chi connectivity index (χ2v) is 4.21. The Labute approximate surface area is 106 Å². The summed E-state index contributed by atoms with van der Waals surface area (Å²) in [6.07, 6.45) is 0. The lowest BCUT2D eigenvalue weighted by Gasteiger charge is -2.28. The molecule has 1 fully saturated rings. The number of hydrogen-bond donors (Lipinski definition) is 2. The molecule has 0 radical (unpaired) electrons. The standard InChI is InChI=1S/C12H18FN3O2/c1-9-8-10(16-3-6-18-7-4-16)15-12(11(9)13)14-2-5-17/h8,17H,2-7H2,1H3,(H,14,15). The number of aryl methyl sites for hydroxylation is 1. The predicted octanol–water partition coefficient (Wildman–Crippen LogP) is 0.770. The number of rotatable bonds is 4. The Morgan fingerprint density at radius 3 is 2.89 bits per heavy atom. The number of ether oxygens (including phenoxy) is 1. The summed E-state index contributed by atoms with van der Waals surface area (Å²) >= 11 is 0. The van der Waals surface area contributed by atoms with Gasteiger partial charge in [0.05, 0.1) is 19.8 Å². The van der Waals surface area contributed by atoms with Crippen molar-refractivity contribution in [1.29, 1.82) is 0 Å². The molecule has 0 bridgehead atoms. The van der Waals surface area contributed by atoms with Crippen molar-refractivity contribution in [3.05, 3.63) is 17.4 Å². The van der Waals surface area contributed by atoms with Gasteiger partial charge in [-0.25, -0.2) is 9.37 Å². The van der Waals surface area contributed by atoms with Crippen LogP contribution >= 0.6 is 0 Å². The zero-order valence-corrected chi connectivity index (χ0v) is 10.4. The lowest BCUT2D eigenvalue weighted by Crippen LogP contribution is -2.37. The fourth-order valence-electron chi connectivity index (χ4n) is 1.89. The van der Waals surface area contributed by atoms with Crippen LogP contribution in [0.25, 0.3) is 0 Å². The number of aliphatic hydroxyl groups is 1. The zero-order valence-electron chi connectivity index (χ0n) is 10.4. The van der Waals surface area contributed by atoms with E-state index in [0.29, 0.717) is 18.8 Å². The molecule has 18 heavy (non-hydrogen) atoms. The Kier molecular flexibility index (Phi) is 4.33. The number of halogens is 1. The molecule has 5 nitrogen and oxygen atoms in total. The minimum absolute atomic E-state index is 0.0536. The van der Waals surface area contributed by atoms with Gasteiger partial charge in [0.15, 0.2) is 11.6 Å². The van der Waals surface area contributed by atoms with Crippen LogP contribution in [-0.2, 0) is 4.74 Å². The van der Waals surface area contributed by atoms with E-state index < -0.39 is 0 Å². The molecule has 0 aromatic carbocycles. The van der Waals surface area contributed by atoms with E-state index >= 15 is 0 Å². The Balaban J connectivity index is 2.22. The highest BCUT2D eigenvalue weighted by molar-refractivity contribution is 5.51. The van der Waals surface area contributed by atoms with Crippen molar-refractivity contribution in [3.63, 3.8) is 0 Å². The summed E-state index contributed by atoms with van der Waals surface area (Å²) in [6.45, 7) is 4.80. The quantitative estimate of drug-likeness (QED) is 0.832. The molecular weight excluding hydrogens is 237 g/mol. The minimum Gasteiger partial charge on any atom is -0.395 e. The van der Waals surface area contributed by atoms with Gasteiger partial charge in [-0.3, -0.25) is 0 Å². The topological polar surface area (TPSA) is 57.6 Å². The molecule has 1 saturated heterocycles. The number of nitrogens with zero attached hydrogens (tertiary/aromatic N) is 2. The van der Waals surface area contributed by atoms with E-state index in [4.69, 9.17) is 9.84 Å². The summed E-state index contributed by atoms with van der Waals surface area (Å²) in [5.74, 6) is 0.587. The van der Waals surface area contributed by atoms with Gasteiger partial charge in [0, 0.05) is 19.6 Å². The first kappa shape index (κ1) is 13.0. The van der Waals surface area contributed by atoms with Crippen molar-refractivity contribution in [2.24, 2.45) is 0 Å². The second-order valence-electron chi connectivity index (χ2n) is 4.21. The molecule has 1 aliphatic rings. The van der Waals surface area contributed by atoms with Crippen LogP contribution in [0.15, 0.2) is 6.07 Å². The van der Waals surface area contributed by atoms with Crippen molar-refractivity contribution in [1.82, 2.24) is 4.98 Å². The van der Waals surface area contributed by atoms with Gasteiger partial charge in [-0.2, -0.15) is 0 Å². The van der Waals surface area contributed by atoms with Gasteiger partial charge < -0.3 is 20.1 Å². The van der Waals surface area contributed by atoms with Crippen LogP contribution in [0.5, 0.6) is 0 Å². The molecule has 2 heterocycles. The van der Waals surface area contributed by atoms with Crippen LogP contribution in [-0.4, -0.2) is 49.5 Å². The Morgan fingerprint density at radius 2 is 2.22 bits per heavy atom. The normalized spacial score (nSPS) is 15.8. The molecule has 2 rings (SSSR count). The van der Waals surface area contributed by atoms with E-state index in [1.165, 1.54) is 0 Å². The number of pyridine rings is 1. The first-order valence-electron chi connectivity index (χ1n) is 6.07. The summed E-state index contributed by atoms with van der Waals surface area (Å²) in [7, 11) is 0. The molecule has 0 unspecified atom stereocenters. The van der Waals surface area contributed by atoms with Crippen molar-refractivity contribution in [2.75, 3.05) is 49.7 Å². The van der Waals surface area contributed by atoms with E-state index in [0.717, 1.165) is 18.9 Å². The Morgan fingerprint density at radius 1 is 1.50 bits per heavy atom. The van der Waals surface area contributed by atoms with E-state index in [2.05, 4.69) is 15.2 Å². The summed E-state index contributed by atoms with van der Waals surface area (Å²) in [6, 6.07) is 1.74. The van der Waals surface area contributed by atoms with Gasteiger partial charge in [0.25, 0.3) is 0 Å². The van der Waals surface area contributed by atoms with Gasteiger partial charge in [0.2, 0.25) is 0 Å². The van der Waals surface area contributed by atoms with Gasteiger partial charge in [0.1, 0.15) is 5.82 Å². The summed E-state index contributed by atoms with van der Waals surface area (Å²) in [5, 5.41) is 11.6. The maximum Gasteiger partial charge on any atom is 0.168 e. The largest absolute Gasteiger partial charge is 0.395 e. The number of hydrogen-bond acceptors (Lipinski definition) is 5. The van der Waals surface area contributed by atoms with Crippen LogP contribution in [0.1, 0.15) is 5.56 Å². The van der Waals surface area contributed by atoms with Crippen molar-refractivity contribution in [3.8, 4) is 0 Å². The lowest BCUT2D eigenvalue weighted by molar-refractivity contribution is 0.122. The van der Waals surface area contributed by atoms with Gasteiger partial charge >= 0.3 is 0 Å². The molecule has 0 spiro atoms. The maximum atomic E-state index is 13.8. The first-order chi connectivity index (χ1) is 8.72. The molecule has 100 valence electrons. The predicted molar refractivity (Wildman–Crippen MR) is 67.5 cm³/mol. The van der Waals surface area contributed by atoms with Crippen LogP contribution in [0.3, 0.4) is 0 Å². The number of nitrogens with one attached hydrogen (secondary N) is 1. The van der Waals surface area contributed by atoms with Gasteiger partial charge in [-0.1, -0.05) is 0 Å². The maximum absolute atomic E-state index is 13.8. The van der Waals surface area contributed by atoms with E-state index in [1.54, 1.807) is 13.0 Å². The average Bonchev–Trinajstić information content (AvgIpc) is 2.41.